The SMILES string of the molecule is COC(=O)N1CCCN(C(=O)C2CC2)CC1. The van der Waals surface area contributed by atoms with Crippen LogP contribution < -0.4 is 0 Å². The molecule has 0 bridgehead atoms. The van der Waals surface area contributed by atoms with Crippen LogP contribution in [0.25, 0.3) is 0 Å². The monoisotopic (exact) mass is 226 g/mol. The van der Waals surface area contributed by atoms with Gasteiger partial charge in [-0.1, -0.05) is 0 Å². The van der Waals surface area contributed by atoms with Crippen molar-refractivity contribution in [2.24, 2.45) is 5.92 Å². The second-order valence-corrected chi connectivity index (χ2v) is 4.41. The van der Waals surface area contributed by atoms with E-state index in [1.54, 1.807) is 4.90 Å². The summed E-state index contributed by atoms with van der Waals surface area (Å²) in [4.78, 5) is 26.7. The molecule has 0 aromatic rings. The van der Waals surface area contributed by atoms with Crippen LogP contribution in [0.3, 0.4) is 0 Å². The molecule has 2 rings (SSSR count). The molecule has 16 heavy (non-hydrogen) atoms. The van der Waals surface area contributed by atoms with Gasteiger partial charge in [-0.2, -0.15) is 0 Å². The number of carbonyl (C=O) groups is 2. The molecular formula is C11H18N2O3. The Labute approximate surface area is 95.3 Å². The van der Waals surface area contributed by atoms with E-state index in [0.717, 1.165) is 25.8 Å². The summed E-state index contributed by atoms with van der Waals surface area (Å²) in [6, 6.07) is 0. The van der Waals surface area contributed by atoms with E-state index >= 15 is 0 Å². The van der Waals surface area contributed by atoms with Gasteiger partial charge in [0.05, 0.1) is 7.11 Å². The van der Waals surface area contributed by atoms with Crippen molar-refractivity contribution in [1.82, 2.24) is 9.80 Å². The van der Waals surface area contributed by atoms with Crippen LogP contribution in [-0.4, -0.2) is 55.1 Å². The zero-order valence-electron chi connectivity index (χ0n) is 9.65. The van der Waals surface area contributed by atoms with E-state index in [0.29, 0.717) is 19.6 Å². The minimum absolute atomic E-state index is 0.268. The predicted molar refractivity (Wildman–Crippen MR) is 57.9 cm³/mol. The van der Waals surface area contributed by atoms with Gasteiger partial charge in [0.1, 0.15) is 0 Å². The molecule has 5 nitrogen and oxygen atoms in total. The van der Waals surface area contributed by atoms with Crippen LogP contribution in [0.2, 0.25) is 0 Å². The van der Waals surface area contributed by atoms with Crippen molar-refractivity contribution in [3.8, 4) is 0 Å². The van der Waals surface area contributed by atoms with Gasteiger partial charge in [0.15, 0.2) is 0 Å². The Hall–Kier alpha value is -1.26. The van der Waals surface area contributed by atoms with Crippen molar-refractivity contribution in [3.05, 3.63) is 0 Å². The molecule has 2 fully saturated rings. The van der Waals surface area contributed by atoms with E-state index in [-0.39, 0.29) is 17.9 Å². The Kier molecular flexibility index (Phi) is 3.31. The minimum Gasteiger partial charge on any atom is -0.453 e. The zero-order chi connectivity index (χ0) is 11.5. The molecule has 0 unspecified atom stereocenters. The fourth-order valence-corrected chi connectivity index (χ4v) is 2.04. The van der Waals surface area contributed by atoms with Gasteiger partial charge < -0.3 is 14.5 Å². The summed E-state index contributed by atoms with van der Waals surface area (Å²) in [5.74, 6) is 0.538. The molecule has 0 N–H and O–H groups in total. The van der Waals surface area contributed by atoms with E-state index in [9.17, 15) is 9.59 Å². The van der Waals surface area contributed by atoms with Gasteiger partial charge in [0.2, 0.25) is 5.91 Å². The summed E-state index contributed by atoms with van der Waals surface area (Å²) in [6.45, 7) is 2.68. The van der Waals surface area contributed by atoms with Crippen LogP contribution in [0.5, 0.6) is 0 Å². The standard InChI is InChI=1S/C11H18N2O3/c1-16-11(15)13-6-2-5-12(7-8-13)10(14)9-3-4-9/h9H,2-8H2,1H3. The highest BCUT2D eigenvalue weighted by Crippen LogP contribution is 2.31. The van der Waals surface area contributed by atoms with Gasteiger partial charge in [0.25, 0.3) is 0 Å². The van der Waals surface area contributed by atoms with Crippen LogP contribution in [-0.2, 0) is 9.53 Å². The fraction of sp³-hybridized carbons (Fsp3) is 0.818. The highest BCUT2D eigenvalue weighted by Gasteiger charge is 2.34. The van der Waals surface area contributed by atoms with Crippen LogP contribution in [0.1, 0.15) is 19.3 Å². The Morgan fingerprint density at radius 2 is 1.69 bits per heavy atom. The summed E-state index contributed by atoms with van der Waals surface area (Å²) in [7, 11) is 1.39. The Morgan fingerprint density at radius 1 is 1.06 bits per heavy atom. The summed E-state index contributed by atoms with van der Waals surface area (Å²) in [6.07, 6.45) is 2.63. The maximum atomic E-state index is 11.9. The fourth-order valence-electron chi connectivity index (χ4n) is 2.04. The molecule has 1 saturated heterocycles. The largest absolute Gasteiger partial charge is 0.453 e. The van der Waals surface area contributed by atoms with Crippen molar-refractivity contribution in [2.45, 2.75) is 19.3 Å². The molecule has 0 spiro atoms. The minimum atomic E-state index is -0.291. The van der Waals surface area contributed by atoms with Crippen LogP contribution in [0.15, 0.2) is 0 Å². The maximum absolute atomic E-state index is 11.9. The summed E-state index contributed by atoms with van der Waals surface area (Å²) in [5, 5.41) is 0. The predicted octanol–water partition coefficient (Wildman–Crippen LogP) is 0.697. The Balaban J connectivity index is 1.87. The molecular weight excluding hydrogens is 208 g/mol. The third-order valence-corrected chi connectivity index (χ3v) is 3.17. The summed E-state index contributed by atoms with van der Waals surface area (Å²) in [5.41, 5.74) is 0. The van der Waals surface area contributed by atoms with Gasteiger partial charge in [-0.15, -0.1) is 0 Å². The number of ether oxygens (including phenoxy) is 1. The van der Waals surface area contributed by atoms with Gasteiger partial charge in [-0.3, -0.25) is 4.79 Å². The second-order valence-electron chi connectivity index (χ2n) is 4.41. The third-order valence-electron chi connectivity index (χ3n) is 3.17. The third kappa shape index (κ3) is 2.46. The smallest absolute Gasteiger partial charge is 0.409 e. The normalized spacial score (nSPS) is 21.6. The van der Waals surface area contributed by atoms with Crippen molar-refractivity contribution in [2.75, 3.05) is 33.3 Å². The second kappa shape index (κ2) is 4.72. The lowest BCUT2D eigenvalue weighted by Gasteiger charge is -2.21. The number of amides is 2. The molecule has 90 valence electrons. The van der Waals surface area contributed by atoms with E-state index in [1.807, 2.05) is 4.90 Å². The first-order valence-electron chi connectivity index (χ1n) is 5.84. The van der Waals surface area contributed by atoms with Crippen molar-refractivity contribution in [3.63, 3.8) is 0 Å². The van der Waals surface area contributed by atoms with Gasteiger partial charge in [-0.25, -0.2) is 4.79 Å². The average Bonchev–Trinajstić information content (AvgIpc) is 3.12. The highest BCUT2D eigenvalue weighted by molar-refractivity contribution is 5.81. The molecule has 1 heterocycles. The molecule has 2 aliphatic rings. The van der Waals surface area contributed by atoms with Crippen LogP contribution in [0.4, 0.5) is 4.79 Å². The lowest BCUT2D eigenvalue weighted by Crippen LogP contribution is -2.37. The molecule has 2 amide bonds. The summed E-state index contributed by atoms with van der Waals surface area (Å²) < 4.78 is 4.68. The molecule has 1 aliphatic heterocycles. The van der Waals surface area contributed by atoms with E-state index < -0.39 is 0 Å². The van der Waals surface area contributed by atoms with Gasteiger partial charge in [0, 0.05) is 32.1 Å². The van der Waals surface area contributed by atoms with E-state index in [2.05, 4.69) is 4.74 Å². The Bertz CT molecular complexity index is 289. The quantitative estimate of drug-likeness (QED) is 0.661. The van der Waals surface area contributed by atoms with E-state index in [1.165, 1.54) is 7.11 Å². The first-order chi connectivity index (χ1) is 7.72. The number of hydrogen-bond donors (Lipinski definition) is 0. The Morgan fingerprint density at radius 3 is 2.31 bits per heavy atom. The first kappa shape index (κ1) is 11.2. The molecule has 0 aromatic carbocycles. The number of methoxy groups -OCH3 is 1. The number of hydrogen-bond acceptors (Lipinski definition) is 3. The van der Waals surface area contributed by atoms with Gasteiger partial charge >= 0.3 is 6.09 Å². The molecule has 1 aliphatic carbocycles. The topological polar surface area (TPSA) is 49.9 Å². The molecule has 0 atom stereocenters. The average molecular weight is 226 g/mol. The molecule has 0 radical (unpaired) electrons. The first-order valence-corrected chi connectivity index (χ1v) is 5.84. The zero-order valence-corrected chi connectivity index (χ0v) is 9.65. The van der Waals surface area contributed by atoms with Crippen molar-refractivity contribution < 1.29 is 14.3 Å². The van der Waals surface area contributed by atoms with Crippen molar-refractivity contribution in [1.29, 1.82) is 0 Å². The van der Waals surface area contributed by atoms with Gasteiger partial charge in [-0.05, 0) is 19.3 Å². The number of carbonyl (C=O) groups excluding carboxylic acids is 2. The van der Waals surface area contributed by atoms with Crippen LogP contribution in [0, 0.1) is 5.92 Å². The lowest BCUT2D eigenvalue weighted by atomic mass is 10.3. The van der Waals surface area contributed by atoms with Crippen LogP contribution >= 0.6 is 0 Å². The number of nitrogens with zero attached hydrogens (tertiary/aromatic N) is 2. The lowest BCUT2D eigenvalue weighted by molar-refractivity contribution is -0.132. The van der Waals surface area contributed by atoms with E-state index in [4.69, 9.17) is 0 Å². The number of rotatable bonds is 1. The summed E-state index contributed by atoms with van der Waals surface area (Å²) >= 11 is 0. The maximum Gasteiger partial charge on any atom is 0.409 e. The molecule has 0 aromatic heterocycles. The molecule has 5 heteroatoms. The highest BCUT2D eigenvalue weighted by atomic mass is 16.5. The van der Waals surface area contributed by atoms with Crippen molar-refractivity contribution >= 4 is 12.0 Å². The molecule has 1 saturated carbocycles.